The number of halogens is 1. The number of aromatic carboxylic acids is 1. The smallest absolute Gasteiger partial charge is 0.545 e. The predicted molar refractivity (Wildman–Crippen MR) is 63.9 cm³/mol. The first-order chi connectivity index (χ1) is 8.50. The normalized spacial score (nSPS) is 9.79. The zero-order valence-electron chi connectivity index (χ0n) is 10.4. The summed E-state index contributed by atoms with van der Waals surface area (Å²) in [6.07, 6.45) is 1.27. The van der Waals surface area contributed by atoms with E-state index in [1.807, 2.05) is 0 Å². The van der Waals surface area contributed by atoms with E-state index in [2.05, 4.69) is 4.98 Å². The minimum Gasteiger partial charge on any atom is -0.545 e. The number of nitrogens with zero attached hydrogens (tertiary/aromatic N) is 2. The number of aryl methyl sites for hydroxylation is 1. The second-order valence-electron chi connectivity index (χ2n) is 3.64. The largest absolute Gasteiger partial charge is 1.00 e. The summed E-state index contributed by atoms with van der Waals surface area (Å²) in [5, 5.41) is 11.4. The number of aromatic nitrogens is 2. The Morgan fingerprint density at radius 3 is 2.42 bits per heavy atom. The Labute approximate surface area is 136 Å². The number of benzene rings is 1. The van der Waals surface area contributed by atoms with E-state index in [1.165, 1.54) is 13.3 Å². The summed E-state index contributed by atoms with van der Waals surface area (Å²) in [5.41, 5.74) is -0.498. The monoisotopic (exact) mass is 286 g/mol. The number of carboxylic acid groups (broad SMARTS) is 1. The third-order valence-electron chi connectivity index (χ3n) is 2.47. The number of carbonyl (C=O) groups is 1. The van der Waals surface area contributed by atoms with Crippen molar-refractivity contribution in [3.63, 3.8) is 0 Å². The van der Waals surface area contributed by atoms with Gasteiger partial charge in [-0.05, 0) is 31.2 Å². The minimum atomic E-state index is -1.53. The first-order valence-corrected chi connectivity index (χ1v) is 5.44. The van der Waals surface area contributed by atoms with E-state index in [9.17, 15) is 14.7 Å². The van der Waals surface area contributed by atoms with Crippen LogP contribution >= 0.6 is 11.6 Å². The molecule has 1 heterocycles. The zero-order valence-corrected chi connectivity index (χ0v) is 13.1. The van der Waals surface area contributed by atoms with Gasteiger partial charge in [0, 0.05) is 5.02 Å². The number of carbonyl (C=O) groups excluding carboxylic acids is 1. The van der Waals surface area contributed by atoms with Gasteiger partial charge in [0.1, 0.15) is 6.33 Å². The summed E-state index contributed by atoms with van der Waals surface area (Å²) in [6, 6.07) is 6.39. The van der Waals surface area contributed by atoms with Crippen molar-refractivity contribution >= 4 is 17.6 Å². The van der Waals surface area contributed by atoms with E-state index in [1.54, 1.807) is 24.3 Å². The molecule has 2 rings (SSSR count). The van der Waals surface area contributed by atoms with Gasteiger partial charge in [0.15, 0.2) is 0 Å². The fraction of sp³-hybridized carbons (Fsp3) is 0.0833. The van der Waals surface area contributed by atoms with Gasteiger partial charge in [-0.2, -0.15) is 0 Å². The molecule has 0 fully saturated rings. The summed E-state index contributed by atoms with van der Waals surface area (Å²) in [5.74, 6) is -1.53. The van der Waals surface area contributed by atoms with E-state index < -0.39 is 17.1 Å². The van der Waals surface area contributed by atoms with Gasteiger partial charge in [-0.25, -0.2) is 4.98 Å². The maximum absolute atomic E-state index is 12.0. The predicted octanol–water partition coefficient (Wildman–Crippen LogP) is -2.44. The van der Waals surface area contributed by atoms with E-state index in [0.29, 0.717) is 10.7 Å². The van der Waals surface area contributed by atoms with Crippen molar-refractivity contribution in [1.82, 2.24) is 9.55 Å². The van der Waals surface area contributed by atoms with Crippen LogP contribution in [0.15, 0.2) is 35.4 Å². The van der Waals surface area contributed by atoms with Gasteiger partial charge in [-0.3, -0.25) is 9.36 Å². The molecule has 0 saturated carbocycles. The molecule has 0 radical (unpaired) electrons. The quantitative estimate of drug-likeness (QED) is 0.575. The van der Waals surface area contributed by atoms with Crippen LogP contribution in [0.5, 0.6) is 0 Å². The number of hydrogen-bond donors (Lipinski definition) is 0. The third-order valence-corrected chi connectivity index (χ3v) is 2.72. The van der Waals surface area contributed by atoms with Crippen molar-refractivity contribution in [2.45, 2.75) is 6.92 Å². The molecule has 0 unspecified atom stereocenters. The molecule has 0 amide bonds. The van der Waals surface area contributed by atoms with E-state index in [0.717, 1.165) is 4.57 Å². The van der Waals surface area contributed by atoms with Crippen molar-refractivity contribution < 1.29 is 39.5 Å². The van der Waals surface area contributed by atoms with Crippen LogP contribution in [-0.2, 0) is 0 Å². The molecule has 0 N–H and O–H groups in total. The number of hydrogen-bond acceptors (Lipinski definition) is 4. The van der Waals surface area contributed by atoms with Crippen LogP contribution in [0.4, 0.5) is 0 Å². The molecule has 0 aliphatic carbocycles. The molecule has 7 heteroatoms. The molecule has 1 aromatic heterocycles. The maximum Gasteiger partial charge on any atom is 1.00 e. The molecule has 0 aliphatic heterocycles. The summed E-state index contributed by atoms with van der Waals surface area (Å²) in [7, 11) is 0. The Morgan fingerprint density at radius 2 is 1.89 bits per heavy atom. The van der Waals surface area contributed by atoms with E-state index >= 15 is 0 Å². The molecule has 92 valence electrons. The summed E-state index contributed by atoms with van der Waals surface area (Å²) in [6.45, 7) is 1.44. The molecule has 0 saturated heterocycles. The van der Waals surface area contributed by atoms with Crippen molar-refractivity contribution in [3.8, 4) is 5.69 Å². The van der Waals surface area contributed by atoms with Gasteiger partial charge in [0.05, 0.1) is 22.9 Å². The van der Waals surface area contributed by atoms with Crippen LogP contribution < -0.4 is 40.2 Å². The first-order valence-electron chi connectivity index (χ1n) is 5.06. The Kier molecular flexibility index (Phi) is 5.31. The van der Waals surface area contributed by atoms with Crippen molar-refractivity contribution in [2.24, 2.45) is 0 Å². The van der Waals surface area contributed by atoms with Crippen molar-refractivity contribution in [1.29, 1.82) is 0 Å². The van der Waals surface area contributed by atoms with Crippen LogP contribution in [-0.4, -0.2) is 15.5 Å². The topological polar surface area (TPSA) is 75.0 Å². The molecule has 0 spiro atoms. The van der Waals surface area contributed by atoms with E-state index in [-0.39, 0.29) is 35.3 Å². The molecule has 0 aliphatic rings. The molecule has 19 heavy (non-hydrogen) atoms. The minimum absolute atomic E-state index is 0. The van der Waals surface area contributed by atoms with E-state index in [4.69, 9.17) is 11.6 Å². The Morgan fingerprint density at radius 1 is 1.32 bits per heavy atom. The second-order valence-corrected chi connectivity index (χ2v) is 4.08. The Balaban J connectivity index is 0.00000180. The zero-order chi connectivity index (χ0) is 13.3. The van der Waals surface area contributed by atoms with Crippen molar-refractivity contribution in [3.05, 3.63) is 57.2 Å². The Bertz CT molecular complexity index is 668. The molecule has 5 nitrogen and oxygen atoms in total. The van der Waals surface area contributed by atoms with Gasteiger partial charge in [0.25, 0.3) is 5.56 Å². The van der Waals surface area contributed by atoms with Crippen LogP contribution in [0.2, 0.25) is 5.02 Å². The van der Waals surface area contributed by atoms with Gasteiger partial charge in [-0.15, -0.1) is 0 Å². The van der Waals surface area contributed by atoms with Crippen molar-refractivity contribution in [2.75, 3.05) is 0 Å². The number of carboxylic acids is 1. The molecular formula is C12H8ClN2NaO3. The Hall–Kier alpha value is -1.14. The number of rotatable bonds is 2. The first kappa shape index (κ1) is 15.9. The summed E-state index contributed by atoms with van der Waals surface area (Å²) < 4.78 is 1.13. The third kappa shape index (κ3) is 3.25. The van der Waals surface area contributed by atoms with Gasteiger partial charge in [-0.1, -0.05) is 11.6 Å². The van der Waals surface area contributed by atoms with Crippen LogP contribution in [0, 0.1) is 6.92 Å². The molecule has 1 aromatic carbocycles. The fourth-order valence-electron chi connectivity index (χ4n) is 1.56. The van der Waals surface area contributed by atoms with Gasteiger partial charge >= 0.3 is 29.6 Å². The van der Waals surface area contributed by atoms with Crippen LogP contribution in [0.1, 0.15) is 16.1 Å². The van der Waals surface area contributed by atoms with Crippen LogP contribution in [0.25, 0.3) is 5.69 Å². The molecular weight excluding hydrogens is 279 g/mol. The molecule has 0 atom stereocenters. The van der Waals surface area contributed by atoms with Crippen LogP contribution in [0.3, 0.4) is 0 Å². The second kappa shape index (κ2) is 6.34. The van der Waals surface area contributed by atoms with Gasteiger partial charge < -0.3 is 9.90 Å². The summed E-state index contributed by atoms with van der Waals surface area (Å²) in [4.78, 5) is 26.7. The average molecular weight is 287 g/mol. The summed E-state index contributed by atoms with van der Waals surface area (Å²) >= 11 is 5.74. The maximum atomic E-state index is 12.0. The van der Waals surface area contributed by atoms with Gasteiger partial charge in [0.2, 0.25) is 0 Å². The fourth-order valence-corrected chi connectivity index (χ4v) is 1.68. The molecule has 0 bridgehead atoms. The molecule has 2 aromatic rings. The average Bonchev–Trinajstić information content (AvgIpc) is 2.30. The SMILES string of the molecule is Cc1ncn(-c2ccc(Cl)cc2)c(=O)c1C(=O)[O-].[Na+]. The standard InChI is InChI=1S/C12H9ClN2O3.Na/c1-7-10(12(17)18)11(16)15(6-14-7)9-4-2-8(13)3-5-9;/h2-6H,1H3,(H,17,18);/q;+1/p-1.